The van der Waals surface area contributed by atoms with Gasteiger partial charge in [-0.05, 0) is 55.4 Å². The summed E-state index contributed by atoms with van der Waals surface area (Å²) in [7, 11) is 0.980. The first-order valence-corrected chi connectivity index (χ1v) is 15.2. The van der Waals surface area contributed by atoms with E-state index >= 15 is 0 Å². The Labute approximate surface area is 240 Å². The summed E-state index contributed by atoms with van der Waals surface area (Å²) < 4.78 is 42.8. The number of hydrogen-bond acceptors (Lipinski definition) is 10. The molecular weight excluding hydrogens is 556 g/mol. The van der Waals surface area contributed by atoms with E-state index in [-0.39, 0.29) is 22.6 Å². The molecule has 3 unspecified atom stereocenters. The minimum absolute atomic E-state index is 0.0644. The Kier molecular flexibility index (Phi) is 8.93. The van der Waals surface area contributed by atoms with Crippen LogP contribution in [0, 0.1) is 11.8 Å². The summed E-state index contributed by atoms with van der Waals surface area (Å²) in [5.41, 5.74) is 6.94. The lowest BCUT2D eigenvalue weighted by atomic mass is 9.94. The van der Waals surface area contributed by atoms with Gasteiger partial charge in [0.25, 0.3) is 0 Å². The molecule has 0 saturated heterocycles. The highest BCUT2D eigenvalue weighted by Crippen LogP contribution is 2.41. The maximum atomic E-state index is 12.5. The number of hydrogen-bond donors (Lipinski definition) is 1. The molecule has 3 aromatic rings. The average molecular weight is 593 g/mol. The number of pyridine rings is 1. The molecule has 1 fully saturated rings. The summed E-state index contributed by atoms with van der Waals surface area (Å²) in [4.78, 5) is 6.74. The van der Waals surface area contributed by atoms with Crippen molar-refractivity contribution in [2.24, 2.45) is 17.6 Å². The van der Waals surface area contributed by atoms with E-state index in [1.807, 2.05) is 24.3 Å². The first kappa shape index (κ1) is 30.0. The third-order valence-corrected chi connectivity index (χ3v) is 8.73. The Morgan fingerprint density at radius 2 is 1.98 bits per heavy atom. The molecule has 218 valence electrons. The van der Waals surface area contributed by atoms with Gasteiger partial charge in [0.05, 0.1) is 36.1 Å². The molecule has 3 atom stereocenters. The van der Waals surface area contributed by atoms with Crippen LogP contribution < -0.4 is 19.7 Å². The molecule has 2 N–H and O–H groups in total. The molecule has 0 aliphatic heterocycles. The number of anilines is 2. The van der Waals surface area contributed by atoms with Crippen LogP contribution in [0.15, 0.2) is 34.7 Å². The lowest BCUT2D eigenvalue weighted by Gasteiger charge is -2.26. The van der Waals surface area contributed by atoms with Gasteiger partial charge in [-0.15, -0.1) is 10.2 Å². The topological polar surface area (TPSA) is 137 Å². The van der Waals surface area contributed by atoms with E-state index in [0.717, 1.165) is 34.8 Å². The Hall–Kier alpha value is -2.93. The average Bonchev–Trinajstić information content (AvgIpc) is 3.36. The van der Waals surface area contributed by atoms with E-state index < -0.39 is 15.6 Å². The zero-order valence-corrected chi connectivity index (χ0v) is 25.3. The Morgan fingerprint density at radius 3 is 2.60 bits per heavy atom. The first-order chi connectivity index (χ1) is 18.8. The van der Waals surface area contributed by atoms with Gasteiger partial charge in [-0.1, -0.05) is 30.7 Å². The highest BCUT2D eigenvalue weighted by molar-refractivity contribution is 7.92. The standard InChI is InChI=1S/C27H37ClN6O5S/c1-17-12-19(17)16-34(10-11-37-4)22-14-21(23(28)24(30-22)33(3)40(6,35)36)25-31-32-26(39-25)27(2,29)15-18-8-7-9-20(13-18)38-5/h7-9,13-14,17,19H,10-12,15-16,29H2,1-6H3. The number of nitrogens with zero attached hydrogens (tertiary/aromatic N) is 5. The summed E-state index contributed by atoms with van der Waals surface area (Å²) in [6, 6.07) is 9.34. The number of methoxy groups -OCH3 is 2. The van der Waals surface area contributed by atoms with Crippen LogP contribution in [0.1, 0.15) is 31.7 Å². The second-order valence-electron chi connectivity index (χ2n) is 10.7. The maximum absolute atomic E-state index is 12.5. The molecule has 1 saturated carbocycles. The molecule has 13 heteroatoms. The number of halogens is 1. The van der Waals surface area contributed by atoms with E-state index in [0.29, 0.717) is 42.8 Å². The fourth-order valence-corrected chi connectivity index (χ4v) is 5.27. The quantitative estimate of drug-likeness (QED) is 0.312. The lowest BCUT2D eigenvalue weighted by Crippen LogP contribution is -2.35. The first-order valence-electron chi connectivity index (χ1n) is 13.0. The third kappa shape index (κ3) is 6.85. The van der Waals surface area contributed by atoms with E-state index in [1.165, 1.54) is 7.05 Å². The number of nitrogens with two attached hydrogens (primary N) is 1. The number of ether oxygens (including phenoxy) is 2. The van der Waals surface area contributed by atoms with E-state index in [4.69, 9.17) is 31.2 Å². The van der Waals surface area contributed by atoms with Crippen LogP contribution in [0.25, 0.3) is 11.5 Å². The molecule has 2 aromatic heterocycles. The number of benzene rings is 1. The second-order valence-corrected chi connectivity index (χ2v) is 13.1. The van der Waals surface area contributed by atoms with E-state index in [9.17, 15) is 8.42 Å². The van der Waals surface area contributed by atoms with Crippen molar-refractivity contribution in [2.45, 2.75) is 32.2 Å². The Morgan fingerprint density at radius 1 is 1.25 bits per heavy atom. The van der Waals surface area contributed by atoms with Crippen molar-refractivity contribution < 1.29 is 22.3 Å². The highest BCUT2D eigenvalue weighted by Gasteiger charge is 2.35. The highest BCUT2D eigenvalue weighted by atomic mass is 35.5. The molecular formula is C27H37ClN6O5S. The van der Waals surface area contributed by atoms with Crippen LogP contribution in [0.2, 0.25) is 5.02 Å². The minimum Gasteiger partial charge on any atom is -0.497 e. The summed E-state index contributed by atoms with van der Waals surface area (Å²) in [5, 5.41) is 8.57. The summed E-state index contributed by atoms with van der Waals surface area (Å²) in [6.45, 7) is 5.79. The normalized spacial score (nSPS) is 18.3. The molecule has 40 heavy (non-hydrogen) atoms. The number of rotatable bonds is 13. The molecule has 1 aromatic carbocycles. The summed E-state index contributed by atoms with van der Waals surface area (Å²) >= 11 is 6.77. The minimum atomic E-state index is -3.67. The smallest absolute Gasteiger partial charge is 0.249 e. The Bertz CT molecular complexity index is 1450. The maximum Gasteiger partial charge on any atom is 0.249 e. The van der Waals surface area contributed by atoms with Crippen LogP contribution in [0.3, 0.4) is 0 Å². The predicted molar refractivity (Wildman–Crippen MR) is 155 cm³/mol. The molecule has 0 radical (unpaired) electrons. The van der Waals surface area contributed by atoms with Gasteiger partial charge in [0.1, 0.15) is 11.6 Å². The van der Waals surface area contributed by atoms with Gasteiger partial charge in [0.2, 0.25) is 21.8 Å². The van der Waals surface area contributed by atoms with E-state index in [2.05, 4.69) is 27.0 Å². The number of aromatic nitrogens is 3. The van der Waals surface area contributed by atoms with Gasteiger partial charge in [-0.3, -0.25) is 4.31 Å². The largest absolute Gasteiger partial charge is 0.497 e. The Balaban J connectivity index is 1.75. The zero-order chi connectivity index (χ0) is 29.2. The zero-order valence-electron chi connectivity index (χ0n) is 23.7. The van der Waals surface area contributed by atoms with Gasteiger partial charge in [-0.2, -0.15) is 0 Å². The fourth-order valence-electron chi connectivity index (χ4n) is 4.47. The summed E-state index contributed by atoms with van der Waals surface area (Å²) in [5.74, 6) is 2.76. The SMILES string of the molecule is COCCN(CC1CC1C)c1cc(-c2nnc(C(C)(N)Cc3cccc(OC)c3)o2)c(Cl)c(N(C)S(C)(=O)=O)n1. The van der Waals surface area contributed by atoms with Crippen molar-refractivity contribution in [3.63, 3.8) is 0 Å². The van der Waals surface area contributed by atoms with Crippen LogP contribution in [0.4, 0.5) is 11.6 Å². The lowest BCUT2D eigenvalue weighted by molar-refractivity contribution is 0.204. The predicted octanol–water partition coefficient (Wildman–Crippen LogP) is 3.71. The van der Waals surface area contributed by atoms with Crippen molar-refractivity contribution in [1.29, 1.82) is 0 Å². The second kappa shape index (κ2) is 11.9. The van der Waals surface area contributed by atoms with Crippen molar-refractivity contribution >= 4 is 33.3 Å². The third-order valence-electron chi connectivity index (χ3n) is 7.19. The fraction of sp³-hybridized carbons (Fsp3) is 0.519. The van der Waals surface area contributed by atoms with Crippen molar-refractivity contribution in [3.05, 3.63) is 46.8 Å². The van der Waals surface area contributed by atoms with Gasteiger partial charge < -0.3 is 24.5 Å². The molecule has 11 nitrogen and oxygen atoms in total. The monoisotopic (exact) mass is 592 g/mol. The molecule has 0 spiro atoms. The van der Waals surface area contributed by atoms with Crippen molar-refractivity contribution in [2.75, 3.05) is 56.4 Å². The van der Waals surface area contributed by atoms with Gasteiger partial charge in [0.15, 0.2) is 5.82 Å². The van der Waals surface area contributed by atoms with Gasteiger partial charge in [-0.25, -0.2) is 13.4 Å². The van der Waals surface area contributed by atoms with Crippen LogP contribution in [-0.4, -0.2) is 70.8 Å². The van der Waals surface area contributed by atoms with E-state index in [1.54, 1.807) is 27.2 Å². The van der Waals surface area contributed by atoms with Crippen molar-refractivity contribution in [3.8, 4) is 17.2 Å². The van der Waals surface area contributed by atoms with Crippen LogP contribution in [0.5, 0.6) is 5.75 Å². The molecule has 1 aliphatic carbocycles. The molecule has 0 amide bonds. The van der Waals surface area contributed by atoms with Gasteiger partial charge in [0, 0.05) is 27.2 Å². The molecule has 2 heterocycles. The molecule has 1 aliphatic rings. The van der Waals surface area contributed by atoms with Crippen LogP contribution in [-0.2, 0) is 26.7 Å². The summed E-state index contributed by atoms with van der Waals surface area (Å²) in [6.07, 6.45) is 2.62. The van der Waals surface area contributed by atoms with Crippen LogP contribution >= 0.6 is 11.6 Å². The molecule has 0 bridgehead atoms. The van der Waals surface area contributed by atoms with Crippen molar-refractivity contribution in [1.82, 2.24) is 15.2 Å². The van der Waals surface area contributed by atoms with Gasteiger partial charge >= 0.3 is 0 Å². The number of sulfonamides is 1. The molecule has 4 rings (SSSR count).